The van der Waals surface area contributed by atoms with E-state index in [0.717, 1.165) is 5.56 Å². The van der Waals surface area contributed by atoms with Crippen molar-refractivity contribution >= 4 is 11.8 Å². The number of carbonyl (C=O) groups is 2. The molecule has 1 heterocycles. The van der Waals surface area contributed by atoms with Crippen LogP contribution in [0.5, 0.6) is 5.75 Å². The predicted molar refractivity (Wildman–Crippen MR) is 93.0 cm³/mol. The zero-order valence-electron chi connectivity index (χ0n) is 14.9. The standard InChI is InChI=1S/C18H27N3O3/c1-12-5-6-15(11-16(12)24-4)18(23)21-9-7-20(8-10-21)17(22)13(2)14(3)19/h5-6,11,13-14H,7-10,19H2,1-4H3. The Kier molecular flexibility index (Phi) is 5.83. The van der Waals surface area contributed by atoms with Gasteiger partial charge in [0.15, 0.2) is 0 Å². The van der Waals surface area contributed by atoms with Gasteiger partial charge < -0.3 is 20.3 Å². The van der Waals surface area contributed by atoms with E-state index in [1.54, 1.807) is 23.0 Å². The monoisotopic (exact) mass is 333 g/mol. The molecule has 0 radical (unpaired) electrons. The van der Waals surface area contributed by atoms with E-state index in [1.807, 2.05) is 32.9 Å². The maximum Gasteiger partial charge on any atom is 0.254 e. The smallest absolute Gasteiger partial charge is 0.254 e. The molecule has 0 aliphatic carbocycles. The summed E-state index contributed by atoms with van der Waals surface area (Å²) in [7, 11) is 1.60. The van der Waals surface area contributed by atoms with Crippen LogP contribution in [0, 0.1) is 12.8 Å². The fourth-order valence-electron chi connectivity index (χ4n) is 2.78. The Morgan fingerprint density at radius 1 is 1.12 bits per heavy atom. The molecule has 2 N–H and O–H groups in total. The van der Waals surface area contributed by atoms with Crippen LogP contribution in [0.3, 0.4) is 0 Å². The molecule has 2 unspecified atom stereocenters. The number of methoxy groups -OCH3 is 1. The first-order valence-corrected chi connectivity index (χ1v) is 8.33. The molecule has 1 aliphatic heterocycles. The summed E-state index contributed by atoms with van der Waals surface area (Å²) in [6.45, 7) is 7.79. The van der Waals surface area contributed by atoms with E-state index in [4.69, 9.17) is 10.5 Å². The molecule has 1 aromatic carbocycles. The molecule has 2 rings (SSSR count). The Hall–Kier alpha value is -2.08. The summed E-state index contributed by atoms with van der Waals surface area (Å²) in [4.78, 5) is 28.6. The van der Waals surface area contributed by atoms with Gasteiger partial charge in [0.2, 0.25) is 5.91 Å². The van der Waals surface area contributed by atoms with E-state index >= 15 is 0 Å². The molecule has 6 heteroatoms. The zero-order valence-corrected chi connectivity index (χ0v) is 14.9. The first kappa shape index (κ1) is 18.3. The van der Waals surface area contributed by atoms with Crippen LogP contribution in [0.2, 0.25) is 0 Å². The second kappa shape index (κ2) is 7.66. The highest BCUT2D eigenvalue weighted by atomic mass is 16.5. The van der Waals surface area contributed by atoms with Gasteiger partial charge in [-0.25, -0.2) is 0 Å². The van der Waals surface area contributed by atoms with E-state index in [1.165, 1.54) is 0 Å². The average Bonchev–Trinajstić information content (AvgIpc) is 2.60. The number of amides is 2. The highest BCUT2D eigenvalue weighted by Crippen LogP contribution is 2.20. The van der Waals surface area contributed by atoms with Crippen molar-refractivity contribution in [3.05, 3.63) is 29.3 Å². The molecule has 1 aliphatic rings. The molecule has 2 amide bonds. The lowest BCUT2D eigenvalue weighted by atomic mass is 10.0. The topological polar surface area (TPSA) is 75.9 Å². The first-order valence-electron chi connectivity index (χ1n) is 8.33. The molecule has 1 saturated heterocycles. The molecular formula is C18H27N3O3. The normalized spacial score (nSPS) is 17.4. The van der Waals surface area contributed by atoms with Crippen molar-refractivity contribution in [1.82, 2.24) is 9.80 Å². The van der Waals surface area contributed by atoms with Crippen LogP contribution < -0.4 is 10.5 Å². The number of nitrogens with zero attached hydrogens (tertiary/aromatic N) is 2. The number of rotatable bonds is 4. The number of ether oxygens (including phenoxy) is 1. The molecule has 24 heavy (non-hydrogen) atoms. The Morgan fingerprint density at radius 2 is 1.71 bits per heavy atom. The van der Waals surface area contributed by atoms with Gasteiger partial charge in [0, 0.05) is 37.8 Å². The highest BCUT2D eigenvalue weighted by Gasteiger charge is 2.28. The number of hydrogen-bond donors (Lipinski definition) is 1. The summed E-state index contributed by atoms with van der Waals surface area (Å²) in [6.07, 6.45) is 0. The Morgan fingerprint density at radius 3 is 2.25 bits per heavy atom. The van der Waals surface area contributed by atoms with Gasteiger partial charge >= 0.3 is 0 Å². The van der Waals surface area contributed by atoms with E-state index < -0.39 is 0 Å². The van der Waals surface area contributed by atoms with Crippen LogP contribution in [0.25, 0.3) is 0 Å². The molecule has 0 bridgehead atoms. The number of piperazine rings is 1. The molecule has 1 fully saturated rings. The van der Waals surface area contributed by atoms with Crippen molar-refractivity contribution in [2.45, 2.75) is 26.8 Å². The van der Waals surface area contributed by atoms with Gasteiger partial charge in [-0.2, -0.15) is 0 Å². The van der Waals surface area contributed by atoms with E-state index in [-0.39, 0.29) is 23.8 Å². The Labute approximate surface area is 143 Å². The van der Waals surface area contributed by atoms with Crippen molar-refractivity contribution in [3.8, 4) is 5.75 Å². The lowest BCUT2D eigenvalue weighted by molar-refractivity contribution is -0.137. The molecule has 1 aromatic rings. The average molecular weight is 333 g/mol. The molecule has 0 aromatic heterocycles. The van der Waals surface area contributed by atoms with E-state index in [9.17, 15) is 9.59 Å². The number of hydrogen-bond acceptors (Lipinski definition) is 4. The van der Waals surface area contributed by atoms with Gasteiger partial charge in [0.25, 0.3) is 5.91 Å². The largest absolute Gasteiger partial charge is 0.496 e. The van der Waals surface area contributed by atoms with Gasteiger partial charge in [-0.05, 0) is 31.5 Å². The number of benzene rings is 1. The first-order chi connectivity index (χ1) is 11.3. The molecule has 132 valence electrons. The van der Waals surface area contributed by atoms with Crippen LogP contribution in [0.1, 0.15) is 29.8 Å². The molecule has 0 spiro atoms. The second-order valence-corrected chi connectivity index (χ2v) is 6.45. The minimum atomic E-state index is -0.200. The Balaban J connectivity index is 1.99. The quantitative estimate of drug-likeness (QED) is 0.900. The van der Waals surface area contributed by atoms with Gasteiger partial charge in [-0.15, -0.1) is 0 Å². The van der Waals surface area contributed by atoms with Gasteiger partial charge in [-0.1, -0.05) is 13.0 Å². The van der Waals surface area contributed by atoms with E-state index in [2.05, 4.69) is 0 Å². The predicted octanol–water partition coefficient (Wildman–Crippen LogP) is 1.27. The van der Waals surface area contributed by atoms with Crippen molar-refractivity contribution < 1.29 is 14.3 Å². The number of carbonyl (C=O) groups excluding carboxylic acids is 2. The summed E-state index contributed by atoms with van der Waals surface area (Å²) in [6, 6.07) is 5.30. The van der Waals surface area contributed by atoms with Crippen molar-refractivity contribution in [2.75, 3.05) is 33.3 Å². The third kappa shape index (κ3) is 3.87. The summed E-state index contributed by atoms with van der Waals surface area (Å²) < 4.78 is 5.28. The summed E-state index contributed by atoms with van der Waals surface area (Å²) in [5.74, 6) is 0.545. The number of nitrogens with two attached hydrogens (primary N) is 1. The maximum absolute atomic E-state index is 12.6. The number of aryl methyl sites for hydroxylation is 1. The molecule has 6 nitrogen and oxygen atoms in total. The minimum absolute atomic E-state index is 0.0272. The van der Waals surface area contributed by atoms with Crippen LogP contribution in [-0.2, 0) is 4.79 Å². The van der Waals surface area contributed by atoms with Crippen molar-refractivity contribution in [2.24, 2.45) is 11.7 Å². The highest BCUT2D eigenvalue weighted by molar-refractivity contribution is 5.95. The summed E-state index contributed by atoms with van der Waals surface area (Å²) in [5.41, 5.74) is 7.42. The lowest BCUT2D eigenvalue weighted by Crippen LogP contribution is -2.53. The van der Waals surface area contributed by atoms with Crippen LogP contribution >= 0.6 is 0 Å². The van der Waals surface area contributed by atoms with Crippen LogP contribution in [0.4, 0.5) is 0 Å². The SMILES string of the molecule is COc1cc(C(=O)N2CCN(C(=O)C(C)C(C)N)CC2)ccc1C. The fourth-order valence-corrected chi connectivity index (χ4v) is 2.78. The molecule has 0 saturated carbocycles. The molecular weight excluding hydrogens is 306 g/mol. The zero-order chi connectivity index (χ0) is 17.9. The lowest BCUT2D eigenvalue weighted by Gasteiger charge is -2.36. The second-order valence-electron chi connectivity index (χ2n) is 6.45. The summed E-state index contributed by atoms with van der Waals surface area (Å²) >= 11 is 0. The van der Waals surface area contributed by atoms with Crippen LogP contribution in [-0.4, -0.2) is 60.9 Å². The fraction of sp³-hybridized carbons (Fsp3) is 0.556. The van der Waals surface area contributed by atoms with Crippen LogP contribution in [0.15, 0.2) is 18.2 Å². The maximum atomic E-state index is 12.6. The van der Waals surface area contributed by atoms with Gasteiger partial charge in [0.05, 0.1) is 13.0 Å². The third-order valence-corrected chi connectivity index (χ3v) is 4.71. The van der Waals surface area contributed by atoms with Gasteiger partial charge in [-0.3, -0.25) is 9.59 Å². The molecule has 2 atom stereocenters. The summed E-state index contributed by atoms with van der Waals surface area (Å²) in [5, 5.41) is 0. The van der Waals surface area contributed by atoms with Crippen molar-refractivity contribution in [3.63, 3.8) is 0 Å². The van der Waals surface area contributed by atoms with Gasteiger partial charge in [0.1, 0.15) is 5.75 Å². The van der Waals surface area contributed by atoms with E-state index in [0.29, 0.717) is 37.5 Å². The third-order valence-electron chi connectivity index (χ3n) is 4.71. The minimum Gasteiger partial charge on any atom is -0.496 e. The Bertz CT molecular complexity index is 608. The van der Waals surface area contributed by atoms with Crippen molar-refractivity contribution in [1.29, 1.82) is 0 Å².